The Morgan fingerprint density at radius 3 is 1.63 bits per heavy atom. The van der Waals surface area contributed by atoms with Gasteiger partial charge in [-0.05, 0) is 95.6 Å². The minimum atomic E-state index is -1.83. The number of aliphatic carboxylic acids is 2. The molecule has 0 aromatic heterocycles. The summed E-state index contributed by atoms with van der Waals surface area (Å²) in [6, 6.07) is -10.3. The molecule has 38 heteroatoms. The fraction of sp³-hybridized carbons (Fsp3) is 0.724. The van der Waals surface area contributed by atoms with Crippen molar-refractivity contribution in [2.45, 2.75) is 287 Å². The van der Waals surface area contributed by atoms with E-state index in [9.17, 15) is 92.7 Å². The maximum absolute atomic E-state index is 14.9. The van der Waals surface area contributed by atoms with E-state index < -0.39 is 192 Å². The largest absolute Gasteiger partial charge is 0.481 e. The van der Waals surface area contributed by atoms with Gasteiger partial charge in [0.25, 0.3) is 0 Å². The lowest BCUT2D eigenvalue weighted by Gasteiger charge is -2.31. The zero-order valence-corrected chi connectivity index (χ0v) is 68.9. The van der Waals surface area contributed by atoms with Crippen molar-refractivity contribution in [2.75, 3.05) is 50.1 Å². The Kier molecular flexibility index (Phi) is 50.6. The number of aliphatic imine (C=N–C) groups is 1. The van der Waals surface area contributed by atoms with Gasteiger partial charge >= 0.3 is 17.9 Å². The van der Waals surface area contributed by atoms with E-state index >= 15 is 0 Å². The number of hydrogen-bond donors (Lipinski definition) is 20. The van der Waals surface area contributed by atoms with Crippen LogP contribution in [0, 0.1) is 11.8 Å². The molecule has 0 spiro atoms. The molecule has 0 unspecified atom stereocenters. The third kappa shape index (κ3) is 40.2. The zero-order chi connectivity index (χ0) is 85.4. The molecule has 0 saturated carbocycles. The fourth-order valence-corrected chi connectivity index (χ4v) is 13.4. The Morgan fingerprint density at radius 1 is 0.579 bits per heavy atom. The van der Waals surface area contributed by atoms with Gasteiger partial charge in [0.15, 0.2) is 12.0 Å². The summed E-state index contributed by atoms with van der Waals surface area (Å²) in [4.78, 5) is 197. The monoisotopic (exact) mass is 1650 g/mol. The van der Waals surface area contributed by atoms with Gasteiger partial charge in [-0.25, -0.2) is 4.79 Å². The van der Waals surface area contributed by atoms with E-state index in [1.807, 2.05) is 0 Å². The third-order valence-electron chi connectivity index (χ3n) is 18.9. The summed E-state index contributed by atoms with van der Waals surface area (Å²) in [6.45, 7) is 10.1. The minimum Gasteiger partial charge on any atom is -0.481 e. The van der Waals surface area contributed by atoms with Crippen LogP contribution in [0.4, 0.5) is 0 Å². The molecule has 1 aliphatic heterocycles. The quantitative estimate of drug-likeness (QED) is 0.0126. The summed E-state index contributed by atoms with van der Waals surface area (Å²) in [5.74, 6) is -15.8. The van der Waals surface area contributed by atoms with E-state index in [4.69, 9.17) is 27.7 Å². The van der Waals surface area contributed by atoms with Crippen molar-refractivity contribution >= 4 is 113 Å². The van der Waals surface area contributed by atoms with Crippen LogP contribution >= 0.6 is 24.4 Å². The van der Waals surface area contributed by atoms with Crippen LogP contribution in [0.3, 0.4) is 0 Å². The average Bonchev–Trinajstić information content (AvgIpc) is 1.10. The Morgan fingerprint density at radius 2 is 1.08 bits per heavy atom. The molecule has 646 valence electrons. The van der Waals surface area contributed by atoms with Crippen molar-refractivity contribution in [3.63, 3.8) is 0 Å². The first-order valence-corrected chi connectivity index (χ1v) is 41.5. The van der Waals surface area contributed by atoms with Gasteiger partial charge in [0, 0.05) is 43.2 Å². The molecule has 0 radical (unpaired) electrons. The molecular formula is C76H130N16O20S2. The average molecular weight is 1650 g/mol. The predicted molar refractivity (Wildman–Crippen MR) is 432 cm³/mol. The summed E-state index contributed by atoms with van der Waals surface area (Å²) in [5.41, 5.74) is 23.4. The normalized spacial score (nSPS) is 16.1. The number of carbonyl (C=O) groups is 14. The number of esters is 1. The van der Waals surface area contributed by atoms with Crippen molar-refractivity contribution in [2.24, 2.45) is 39.8 Å². The van der Waals surface area contributed by atoms with E-state index in [0.717, 1.165) is 49.3 Å². The number of carbonyl (C=O) groups excluding carboxylic acids is 12. The highest BCUT2D eigenvalue weighted by molar-refractivity contribution is 7.99. The van der Waals surface area contributed by atoms with Crippen molar-refractivity contribution in [3.05, 3.63) is 35.9 Å². The molecule has 2 rings (SSSR count). The van der Waals surface area contributed by atoms with Gasteiger partial charge < -0.3 is 111 Å². The number of aliphatic hydroxyl groups excluding tert-OH is 3. The number of nitrogens with two attached hydrogens (primary N) is 4. The Labute approximate surface area is 678 Å². The smallest absolute Gasteiger partial charge is 0.328 e. The molecule has 1 saturated heterocycles. The summed E-state index contributed by atoms with van der Waals surface area (Å²) in [7, 11) is 0. The van der Waals surface area contributed by atoms with E-state index in [0.29, 0.717) is 18.4 Å². The van der Waals surface area contributed by atoms with Crippen LogP contribution in [-0.2, 0) is 78.3 Å². The summed E-state index contributed by atoms with van der Waals surface area (Å²) in [6.07, 6.45) is 11.1. The number of thiol groups is 1. The molecule has 0 aliphatic carbocycles. The van der Waals surface area contributed by atoms with E-state index in [-0.39, 0.29) is 107 Å². The highest BCUT2D eigenvalue weighted by Crippen LogP contribution is 2.22. The van der Waals surface area contributed by atoms with Crippen LogP contribution in [0.5, 0.6) is 0 Å². The number of amides is 11. The lowest BCUT2D eigenvalue weighted by molar-refractivity contribution is -0.145. The molecule has 1 aromatic carbocycles. The first-order valence-electron chi connectivity index (χ1n) is 39.8. The number of ether oxygens (including phenoxy) is 1. The number of likely N-dealkylation sites (tertiary alicyclic amines) is 1. The summed E-state index contributed by atoms with van der Waals surface area (Å²) < 4.78 is 5.48. The second-order valence-corrected chi connectivity index (χ2v) is 31.1. The Balaban J connectivity index is 2.44. The van der Waals surface area contributed by atoms with Gasteiger partial charge in [0.2, 0.25) is 65.0 Å². The van der Waals surface area contributed by atoms with Crippen molar-refractivity contribution in [3.8, 4) is 0 Å². The number of unbranched alkanes of at least 4 members (excludes halogenated alkanes) is 13. The van der Waals surface area contributed by atoms with Crippen LogP contribution in [-0.4, -0.2) is 254 Å². The number of carboxylic acid groups (broad SMARTS) is 2. The number of nitrogens with one attached hydrogen (secondary N) is 10. The highest BCUT2D eigenvalue weighted by atomic mass is 32.2. The molecule has 36 nitrogen and oxygen atoms in total. The number of nitrogens with zero attached hydrogens (tertiary/aromatic N) is 2. The van der Waals surface area contributed by atoms with Crippen molar-refractivity contribution in [1.29, 1.82) is 0 Å². The van der Waals surface area contributed by atoms with Gasteiger partial charge in [-0.2, -0.15) is 24.4 Å². The fourth-order valence-electron chi connectivity index (χ4n) is 12.3. The molecule has 23 N–H and O–H groups in total. The van der Waals surface area contributed by atoms with Crippen LogP contribution in [0.25, 0.3) is 0 Å². The first-order chi connectivity index (χ1) is 54.1. The molecule has 11 amide bonds. The number of rotatable bonds is 60. The van der Waals surface area contributed by atoms with Gasteiger partial charge in [-0.1, -0.05) is 142 Å². The Hall–Kier alpha value is -8.43. The third-order valence-corrected chi connectivity index (χ3v) is 20.3. The van der Waals surface area contributed by atoms with Crippen molar-refractivity contribution < 1.29 is 97.4 Å². The second kappa shape index (κ2) is 56.8. The maximum Gasteiger partial charge on any atom is 0.328 e. The molecule has 14 atom stereocenters. The first kappa shape index (κ1) is 102. The molecule has 1 aliphatic rings. The predicted octanol–water partition coefficient (Wildman–Crippen LogP) is -0.719. The molecule has 1 heterocycles. The summed E-state index contributed by atoms with van der Waals surface area (Å²) >= 11 is 5.29. The minimum absolute atomic E-state index is 0.0114. The maximum atomic E-state index is 14.9. The van der Waals surface area contributed by atoms with Crippen LogP contribution in [0.15, 0.2) is 35.3 Å². The molecule has 114 heavy (non-hydrogen) atoms. The number of hydrogen-bond acceptors (Lipinski definition) is 23. The zero-order valence-electron chi connectivity index (χ0n) is 67.2. The second-order valence-electron chi connectivity index (χ2n) is 29.5. The standard InChI is InChI=1S/C76H130N16O20S2/c1-8-9-10-11-12-13-14-15-16-17-18-19-23-33-60(98)112-37-38-114-44-57(70(105)82-50(30-24-25-34-77)64(99)91-63(48(7)95)75(110)111)89-73(108)62(47(6)94)90-71(106)58-32-27-36-92(58)74(109)51(31-26-35-81-76(79)80)83-68(103)55(42-93)87-65(100)52(39-45(2)3)84-66(101)53(40-49-28-21-20-22-29-49)85-69(104)56(43-113)88-67(102)54(41-59(96)97)86-72(107)61(78)46(4)5/h20-22,28-29,45-48,50-58,61-63,93-95,113H,8-19,23-27,30-44,77-78H2,1-7H3,(H,82,105)(H,83,103)(H,84,101)(H,85,104)(H,86,107)(H,87,100)(H,88,102)(H,89,108)(H,90,106)(H,91,99)(H,96,97)(H,110,111)(H4,79,80,81)/t47-,48-,50+,51+,52+,53+,54+,55+,56+,57+,58+,61+,62+,63+/m1/s1. The van der Waals surface area contributed by atoms with Crippen molar-refractivity contribution in [1.82, 2.24) is 58.1 Å². The topological polar surface area (TPSA) is 589 Å². The van der Waals surface area contributed by atoms with Crippen LogP contribution < -0.4 is 76.1 Å². The van der Waals surface area contributed by atoms with Gasteiger partial charge in [0.05, 0.1) is 31.3 Å². The molecule has 0 bridgehead atoms. The highest BCUT2D eigenvalue weighted by Gasteiger charge is 2.42. The number of benzene rings is 1. The molecular weight excluding hydrogens is 1520 g/mol. The lowest BCUT2D eigenvalue weighted by Crippen LogP contribution is -2.62. The summed E-state index contributed by atoms with van der Waals surface area (Å²) in [5, 5.41) is 76.1. The lowest BCUT2D eigenvalue weighted by atomic mass is 10.0. The molecule has 1 fully saturated rings. The van der Waals surface area contributed by atoms with E-state index in [1.54, 1.807) is 58.0 Å². The van der Waals surface area contributed by atoms with Gasteiger partial charge in [-0.15, -0.1) is 0 Å². The van der Waals surface area contributed by atoms with E-state index in [2.05, 4.69) is 77.7 Å². The van der Waals surface area contributed by atoms with E-state index in [1.165, 1.54) is 58.3 Å². The van der Waals surface area contributed by atoms with Crippen LogP contribution in [0.2, 0.25) is 0 Å². The Bertz CT molecular complexity index is 3210. The van der Waals surface area contributed by atoms with Crippen LogP contribution in [0.1, 0.15) is 202 Å². The number of guanidine groups is 1. The van der Waals surface area contributed by atoms with Gasteiger partial charge in [0.1, 0.15) is 67.0 Å². The number of aliphatic hydroxyl groups is 3. The van der Waals surface area contributed by atoms with Gasteiger partial charge in [-0.3, -0.25) is 67.3 Å². The molecule has 1 aromatic rings. The number of carboxylic acids is 2. The SMILES string of the molecule is CCCCCCCCCCCCCCCC(=O)OCCSC[C@H](NC(=O)[C@@H](NC(=O)[C@@H]1CCCN1C(=O)[C@H](CCCN=C(N)N)NC(=O)[C@H](CO)NC(=O)[C@H](CC(C)C)NC(=O)[C@H](Cc1ccccc1)NC(=O)[C@H](CS)NC(=O)[C@H](CC(=O)O)NC(=O)[C@@H](N)C(C)C)[C@@H](C)O)C(=O)N[C@@H](CCCCN)C(=O)N[C@H](C(=O)O)[C@@H](C)O. The number of thioether (sulfide) groups is 1.